The van der Waals surface area contributed by atoms with Crippen molar-refractivity contribution in [3.05, 3.63) is 10.6 Å². The molecule has 1 unspecified atom stereocenters. The molecule has 1 saturated heterocycles. The van der Waals surface area contributed by atoms with Gasteiger partial charge in [-0.25, -0.2) is 4.79 Å². The van der Waals surface area contributed by atoms with Crippen LogP contribution in [0.4, 0.5) is 0 Å². The monoisotopic (exact) mass is 372 g/mol. The molecule has 0 aromatic heterocycles. The van der Waals surface area contributed by atoms with Crippen LogP contribution in [0.2, 0.25) is 18.1 Å². The summed E-state index contributed by atoms with van der Waals surface area (Å²) in [7, 11) is -2.07. The van der Waals surface area contributed by atoms with E-state index in [2.05, 4.69) is 33.9 Å². The highest BCUT2D eigenvalue weighted by Crippen LogP contribution is 2.51. The molecule has 2 amide bonds. The Labute approximate surface area is 146 Å². The highest BCUT2D eigenvalue weighted by atomic mass is 32.2. The minimum atomic E-state index is -2.07. The highest BCUT2D eigenvalue weighted by Gasteiger charge is 2.59. The summed E-state index contributed by atoms with van der Waals surface area (Å²) in [6.07, 6.45) is -0.352. The average Bonchev–Trinajstić information content (AvgIpc) is 2.72. The van der Waals surface area contributed by atoms with Crippen LogP contribution in [0.15, 0.2) is 10.6 Å². The van der Waals surface area contributed by atoms with Crippen LogP contribution in [-0.2, 0) is 18.8 Å². The van der Waals surface area contributed by atoms with Gasteiger partial charge in [0.25, 0.3) is 5.91 Å². The van der Waals surface area contributed by atoms with Crippen LogP contribution in [0.1, 0.15) is 27.7 Å². The molecule has 0 saturated carbocycles. The summed E-state index contributed by atoms with van der Waals surface area (Å²) in [5, 5.41) is 8.85. The Balaban J connectivity index is 2.20. The molecule has 0 aromatic rings. The van der Waals surface area contributed by atoms with Crippen LogP contribution in [0, 0.1) is 5.92 Å². The first kappa shape index (κ1) is 19.0. The summed E-state index contributed by atoms with van der Waals surface area (Å²) in [6.45, 7) is 12.4. The lowest BCUT2D eigenvalue weighted by atomic mass is 9.92. The molecule has 3 atom stereocenters. The minimum Gasteiger partial charge on any atom is -0.477 e. The number of β-lactam (4-membered cyclic amide) rings is 1. The summed E-state index contributed by atoms with van der Waals surface area (Å²) >= 11 is 1.04. The normalized spacial score (nSPS) is 25.4. The molecule has 2 heterocycles. The van der Waals surface area contributed by atoms with Crippen molar-refractivity contribution < 1.29 is 23.9 Å². The third-order valence-corrected chi connectivity index (χ3v) is 10.9. The number of carboxylic acids is 1. The number of aliphatic carboxylic acids is 1. The molecule has 24 heavy (non-hydrogen) atoms. The van der Waals surface area contributed by atoms with Gasteiger partial charge in [0, 0.05) is 0 Å². The van der Waals surface area contributed by atoms with Crippen LogP contribution in [0.25, 0.3) is 0 Å². The average molecular weight is 373 g/mol. The molecule has 134 valence electrons. The fraction of sp³-hybridized carbons (Fsp3) is 0.667. The summed E-state index contributed by atoms with van der Waals surface area (Å²) in [6, 6.07) is 0. The molecular weight excluding hydrogens is 348 g/mol. The van der Waals surface area contributed by atoms with Crippen molar-refractivity contribution >= 4 is 37.9 Å². The Bertz CT molecular complexity index is 640. The van der Waals surface area contributed by atoms with Gasteiger partial charge in [0.2, 0.25) is 5.91 Å². The van der Waals surface area contributed by atoms with E-state index in [-0.39, 0.29) is 27.7 Å². The number of rotatable bonds is 5. The number of fused-ring (bicyclic) bond motifs is 1. The number of primary amides is 1. The van der Waals surface area contributed by atoms with Gasteiger partial charge >= 0.3 is 5.97 Å². The molecule has 0 spiro atoms. The zero-order valence-corrected chi connectivity index (χ0v) is 16.6. The van der Waals surface area contributed by atoms with Gasteiger partial charge in [-0.3, -0.25) is 14.5 Å². The summed E-state index contributed by atoms with van der Waals surface area (Å²) in [5.41, 5.74) is 4.95. The predicted octanol–water partition coefficient (Wildman–Crippen LogP) is 1.71. The van der Waals surface area contributed by atoms with Crippen LogP contribution in [0.3, 0.4) is 0 Å². The fourth-order valence-electron chi connectivity index (χ4n) is 2.66. The number of hydrogen-bond acceptors (Lipinski definition) is 5. The molecule has 0 aliphatic carbocycles. The van der Waals surface area contributed by atoms with E-state index < -0.39 is 31.5 Å². The summed E-state index contributed by atoms with van der Waals surface area (Å²) in [5.74, 6) is -2.94. The van der Waals surface area contributed by atoms with Gasteiger partial charge in [0.05, 0.1) is 12.0 Å². The van der Waals surface area contributed by atoms with Crippen molar-refractivity contribution in [3.63, 3.8) is 0 Å². The van der Waals surface area contributed by atoms with Crippen LogP contribution in [-0.4, -0.2) is 47.6 Å². The Kier molecular flexibility index (Phi) is 4.66. The van der Waals surface area contributed by atoms with E-state index in [1.807, 2.05) is 6.92 Å². The molecule has 2 aliphatic rings. The third-order valence-electron chi connectivity index (χ3n) is 5.00. The fourth-order valence-corrected chi connectivity index (χ4v) is 5.54. The number of nitrogens with zero attached hydrogens (tertiary/aromatic N) is 1. The van der Waals surface area contributed by atoms with Crippen molar-refractivity contribution in [2.45, 2.75) is 57.3 Å². The van der Waals surface area contributed by atoms with Gasteiger partial charge in [-0.15, -0.1) is 0 Å². The molecule has 2 aliphatic heterocycles. The van der Waals surface area contributed by atoms with Gasteiger partial charge in [-0.1, -0.05) is 32.5 Å². The second kappa shape index (κ2) is 5.89. The number of carbonyl (C=O) groups excluding carboxylic acids is 2. The largest absolute Gasteiger partial charge is 0.477 e. The van der Waals surface area contributed by atoms with E-state index in [4.69, 9.17) is 10.2 Å². The number of hydrogen-bond donors (Lipinski definition) is 2. The van der Waals surface area contributed by atoms with Gasteiger partial charge < -0.3 is 15.3 Å². The lowest BCUT2D eigenvalue weighted by Crippen LogP contribution is -2.62. The SMILES string of the molecule is C[C@@H](O[Si](C)(C)C(C)(C)C)[C@H]1C(=O)N2C(C(=O)O)=C(C(N)=O)SC12. The Morgan fingerprint density at radius 3 is 2.33 bits per heavy atom. The molecule has 3 N–H and O–H groups in total. The number of thioether (sulfide) groups is 1. The van der Waals surface area contributed by atoms with E-state index in [0.29, 0.717) is 0 Å². The lowest BCUT2D eigenvalue weighted by molar-refractivity contribution is -0.156. The lowest BCUT2D eigenvalue weighted by Gasteiger charge is -2.48. The van der Waals surface area contributed by atoms with Crippen molar-refractivity contribution in [2.24, 2.45) is 11.7 Å². The van der Waals surface area contributed by atoms with E-state index in [9.17, 15) is 19.5 Å². The number of amides is 2. The van der Waals surface area contributed by atoms with E-state index >= 15 is 0 Å². The quantitative estimate of drug-likeness (QED) is 0.561. The topological polar surface area (TPSA) is 110 Å². The standard InChI is InChI=1S/C15H24N2O5SSi/c1-7(22-24(5,6)15(2,3)4)8-12(19)17-9(14(20)21)10(11(16)18)23-13(8)17/h7-8,13H,1-6H3,(H2,16,18)(H,20,21)/t7-,8+,13?/m1/s1. The molecule has 0 radical (unpaired) electrons. The molecular formula is C15H24N2O5SSi. The third kappa shape index (κ3) is 2.89. The first-order chi connectivity index (χ1) is 10.8. The van der Waals surface area contributed by atoms with Crippen LogP contribution in [0.5, 0.6) is 0 Å². The Hall–Kier alpha value is -1.32. The Morgan fingerprint density at radius 1 is 1.38 bits per heavy atom. The second-order valence-corrected chi connectivity index (χ2v) is 13.6. The van der Waals surface area contributed by atoms with Gasteiger partial charge in [-0.2, -0.15) is 0 Å². The maximum absolute atomic E-state index is 12.5. The molecule has 2 rings (SSSR count). The predicted molar refractivity (Wildman–Crippen MR) is 93.3 cm³/mol. The van der Waals surface area contributed by atoms with Crippen molar-refractivity contribution in [1.82, 2.24) is 4.90 Å². The molecule has 7 nitrogen and oxygen atoms in total. The zero-order valence-electron chi connectivity index (χ0n) is 14.7. The van der Waals surface area contributed by atoms with E-state index in [1.165, 1.54) is 0 Å². The number of carboxylic acid groups (broad SMARTS) is 1. The van der Waals surface area contributed by atoms with E-state index in [0.717, 1.165) is 16.7 Å². The maximum Gasteiger partial charge on any atom is 0.354 e. The van der Waals surface area contributed by atoms with Gasteiger partial charge in [0.15, 0.2) is 8.32 Å². The molecule has 0 bridgehead atoms. The van der Waals surface area contributed by atoms with Gasteiger partial charge in [-0.05, 0) is 25.1 Å². The van der Waals surface area contributed by atoms with Gasteiger partial charge in [0.1, 0.15) is 16.0 Å². The first-order valence-corrected chi connectivity index (χ1v) is 11.5. The Morgan fingerprint density at radius 2 is 1.92 bits per heavy atom. The zero-order chi connectivity index (χ0) is 18.6. The molecule has 0 aromatic carbocycles. The summed E-state index contributed by atoms with van der Waals surface area (Å²) in [4.78, 5) is 36.5. The van der Waals surface area contributed by atoms with Crippen LogP contribution < -0.4 is 5.73 Å². The van der Waals surface area contributed by atoms with Crippen molar-refractivity contribution in [1.29, 1.82) is 0 Å². The maximum atomic E-state index is 12.5. The highest BCUT2D eigenvalue weighted by molar-refractivity contribution is 8.05. The number of carbonyl (C=O) groups is 3. The number of nitrogens with two attached hydrogens (primary N) is 1. The second-order valence-electron chi connectivity index (χ2n) is 7.67. The minimum absolute atomic E-state index is 0.000575. The van der Waals surface area contributed by atoms with E-state index in [1.54, 1.807) is 0 Å². The summed E-state index contributed by atoms with van der Waals surface area (Å²) < 4.78 is 6.27. The van der Waals surface area contributed by atoms with Crippen LogP contribution >= 0.6 is 11.8 Å². The first-order valence-electron chi connectivity index (χ1n) is 7.74. The molecule has 1 fully saturated rings. The smallest absolute Gasteiger partial charge is 0.354 e. The van der Waals surface area contributed by atoms with Crippen molar-refractivity contribution in [2.75, 3.05) is 0 Å². The van der Waals surface area contributed by atoms with Crippen molar-refractivity contribution in [3.8, 4) is 0 Å². The molecule has 9 heteroatoms.